The van der Waals surface area contributed by atoms with Gasteiger partial charge < -0.3 is 10.5 Å². The zero-order chi connectivity index (χ0) is 15.0. The summed E-state index contributed by atoms with van der Waals surface area (Å²) in [5, 5.41) is -0.626. The number of piperidine rings is 1. The molecule has 0 aliphatic carbocycles. The standard InChI is InChI=1S/C11H19F3N2O3S/c12-11(13,14)10(8-15)2-4-16(5-3-10)20(17,18)9-1-6-19-7-9/h9H,1-8,15H2. The molecule has 2 aliphatic rings. The second kappa shape index (κ2) is 5.43. The molecule has 0 spiro atoms. The molecule has 2 fully saturated rings. The van der Waals surface area contributed by atoms with Crippen LogP contribution in [0.4, 0.5) is 13.2 Å². The van der Waals surface area contributed by atoms with Gasteiger partial charge in [0.1, 0.15) is 5.25 Å². The molecular weight excluding hydrogens is 297 g/mol. The van der Waals surface area contributed by atoms with E-state index in [0.29, 0.717) is 13.0 Å². The molecule has 0 aromatic rings. The highest BCUT2D eigenvalue weighted by Crippen LogP contribution is 2.46. The van der Waals surface area contributed by atoms with Gasteiger partial charge in [0.2, 0.25) is 10.0 Å². The molecule has 2 heterocycles. The third-order valence-corrected chi connectivity index (χ3v) is 6.64. The van der Waals surface area contributed by atoms with Crippen LogP contribution in [0.3, 0.4) is 0 Å². The Hall–Kier alpha value is -0.380. The Kier molecular flexibility index (Phi) is 4.35. The predicted octanol–water partition coefficient (Wildman–Crippen LogP) is 0.708. The van der Waals surface area contributed by atoms with Crippen LogP contribution in [0.25, 0.3) is 0 Å². The summed E-state index contributed by atoms with van der Waals surface area (Å²) in [6.07, 6.45) is -4.55. The molecule has 0 aromatic carbocycles. The van der Waals surface area contributed by atoms with Gasteiger partial charge >= 0.3 is 6.18 Å². The van der Waals surface area contributed by atoms with Crippen molar-refractivity contribution in [2.45, 2.75) is 30.7 Å². The molecule has 1 atom stereocenters. The minimum atomic E-state index is -4.39. The highest BCUT2D eigenvalue weighted by atomic mass is 32.2. The summed E-state index contributed by atoms with van der Waals surface area (Å²) >= 11 is 0. The van der Waals surface area contributed by atoms with Crippen LogP contribution < -0.4 is 5.73 Å². The molecule has 2 N–H and O–H groups in total. The average Bonchev–Trinajstić information content (AvgIpc) is 2.92. The number of alkyl halides is 3. The minimum absolute atomic E-state index is 0.125. The molecule has 1 unspecified atom stereocenters. The normalized spacial score (nSPS) is 28.7. The van der Waals surface area contributed by atoms with Crippen LogP contribution in [0.2, 0.25) is 0 Å². The molecule has 2 aliphatic heterocycles. The lowest BCUT2D eigenvalue weighted by molar-refractivity contribution is -0.231. The highest BCUT2D eigenvalue weighted by Gasteiger charge is 2.55. The van der Waals surface area contributed by atoms with Crippen molar-refractivity contribution >= 4 is 10.0 Å². The van der Waals surface area contributed by atoms with Crippen molar-refractivity contribution in [3.63, 3.8) is 0 Å². The lowest BCUT2D eigenvalue weighted by Gasteiger charge is -2.42. The summed E-state index contributed by atoms with van der Waals surface area (Å²) in [6.45, 7) is -0.255. The fourth-order valence-corrected chi connectivity index (χ4v) is 4.51. The molecule has 0 radical (unpaired) electrons. The molecule has 9 heteroatoms. The van der Waals surface area contributed by atoms with Crippen LogP contribution in [0, 0.1) is 5.41 Å². The van der Waals surface area contributed by atoms with Gasteiger partial charge in [0.25, 0.3) is 0 Å². The van der Waals surface area contributed by atoms with Gasteiger partial charge in [-0.05, 0) is 19.3 Å². The summed E-state index contributed by atoms with van der Waals surface area (Å²) < 4.78 is 69.9. The molecule has 0 saturated carbocycles. The fraction of sp³-hybridized carbons (Fsp3) is 1.00. The summed E-state index contributed by atoms with van der Waals surface area (Å²) in [4.78, 5) is 0. The molecule has 5 nitrogen and oxygen atoms in total. The molecule has 0 aromatic heterocycles. The van der Waals surface area contributed by atoms with Crippen molar-refractivity contribution in [3.05, 3.63) is 0 Å². The van der Waals surface area contributed by atoms with E-state index in [2.05, 4.69) is 0 Å². The van der Waals surface area contributed by atoms with Gasteiger partial charge in [0.15, 0.2) is 0 Å². The van der Waals surface area contributed by atoms with E-state index in [0.717, 1.165) is 4.31 Å². The lowest BCUT2D eigenvalue weighted by Crippen LogP contribution is -2.54. The van der Waals surface area contributed by atoms with Gasteiger partial charge in [-0.15, -0.1) is 0 Å². The number of rotatable bonds is 3. The Morgan fingerprint density at radius 2 is 1.90 bits per heavy atom. The topological polar surface area (TPSA) is 72.6 Å². The van der Waals surface area contributed by atoms with Crippen LogP contribution in [0.1, 0.15) is 19.3 Å². The third kappa shape index (κ3) is 2.68. The fourth-order valence-electron chi connectivity index (χ4n) is 2.73. The van der Waals surface area contributed by atoms with Crippen molar-refractivity contribution in [3.8, 4) is 0 Å². The third-order valence-electron chi connectivity index (χ3n) is 4.34. The van der Waals surface area contributed by atoms with Crippen LogP contribution in [-0.4, -0.2) is 57.0 Å². The maximum Gasteiger partial charge on any atom is 0.395 e. The SMILES string of the molecule is NCC1(C(F)(F)F)CCN(S(=O)(=O)C2CCOC2)CC1. The summed E-state index contributed by atoms with van der Waals surface area (Å²) in [6, 6.07) is 0. The first kappa shape index (κ1) is 16.0. The molecule has 0 bridgehead atoms. The molecule has 118 valence electrons. The number of hydrogen-bond acceptors (Lipinski definition) is 4. The van der Waals surface area contributed by atoms with Gasteiger partial charge in [-0.3, -0.25) is 0 Å². The Morgan fingerprint density at radius 1 is 1.30 bits per heavy atom. The zero-order valence-corrected chi connectivity index (χ0v) is 11.8. The van der Waals surface area contributed by atoms with E-state index >= 15 is 0 Å². The van der Waals surface area contributed by atoms with Gasteiger partial charge in [0.05, 0.1) is 12.0 Å². The first-order valence-electron chi connectivity index (χ1n) is 6.56. The lowest BCUT2D eigenvalue weighted by atomic mass is 9.78. The van der Waals surface area contributed by atoms with E-state index in [1.165, 1.54) is 0 Å². The van der Waals surface area contributed by atoms with Crippen molar-refractivity contribution in [2.24, 2.45) is 11.1 Å². The van der Waals surface area contributed by atoms with Crippen LogP contribution >= 0.6 is 0 Å². The number of hydrogen-bond donors (Lipinski definition) is 1. The smallest absolute Gasteiger partial charge is 0.380 e. The second-order valence-electron chi connectivity index (χ2n) is 5.41. The molecule has 20 heavy (non-hydrogen) atoms. The largest absolute Gasteiger partial charge is 0.395 e. The van der Waals surface area contributed by atoms with Crippen molar-refractivity contribution in [1.82, 2.24) is 4.31 Å². The Bertz CT molecular complexity index is 438. The van der Waals surface area contributed by atoms with Crippen LogP contribution in [-0.2, 0) is 14.8 Å². The molecular formula is C11H19F3N2O3S. The summed E-state index contributed by atoms with van der Waals surface area (Å²) in [5.41, 5.74) is 3.34. The predicted molar refractivity (Wildman–Crippen MR) is 66.5 cm³/mol. The van der Waals surface area contributed by atoms with E-state index in [9.17, 15) is 21.6 Å². The number of nitrogens with two attached hydrogens (primary N) is 1. The Balaban J connectivity index is 2.07. The average molecular weight is 316 g/mol. The summed E-state index contributed by atoms with van der Waals surface area (Å²) in [5.74, 6) is 0. The Labute approximate surface area is 116 Å². The van der Waals surface area contributed by atoms with E-state index < -0.39 is 33.4 Å². The highest BCUT2D eigenvalue weighted by molar-refractivity contribution is 7.89. The maximum absolute atomic E-state index is 13.1. The summed E-state index contributed by atoms with van der Waals surface area (Å²) in [7, 11) is -3.57. The van der Waals surface area contributed by atoms with E-state index in [1.807, 2.05) is 0 Å². The van der Waals surface area contributed by atoms with Crippen molar-refractivity contribution in [1.29, 1.82) is 0 Å². The van der Waals surface area contributed by atoms with Crippen LogP contribution in [0.15, 0.2) is 0 Å². The molecule has 2 saturated heterocycles. The van der Waals surface area contributed by atoms with E-state index in [1.54, 1.807) is 0 Å². The van der Waals surface area contributed by atoms with Crippen molar-refractivity contribution in [2.75, 3.05) is 32.8 Å². The molecule has 0 amide bonds. The number of nitrogens with zero attached hydrogens (tertiary/aromatic N) is 1. The second-order valence-corrected chi connectivity index (χ2v) is 7.62. The molecule has 2 rings (SSSR count). The van der Waals surface area contributed by atoms with E-state index in [4.69, 9.17) is 10.5 Å². The number of halogens is 3. The number of ether oxygens (including phenoxy) is 1. The van der Waals surface area contributed by atoms with Gasteiger partial charge in [-0.25, -0.2) is 12.7 Å². The van der Waals surface area contributed by atoms with Crippen molar-refractivity contribution < 1.29 is 26.3 Å². The maximum atomic E-state index is 13.1. The van der Waals surface area contributed by atoms with Gasteiger partial charge in [-0.1, -0.05) is 0 Å². The first-order valence-corrected chi connectivity index (χ1v) is 8.07. The Morgan fingerprint density at radius 3 is 2.30 bits per heavy atom. The quantitative estimate of drug-likeness (QED) is 0.832. The van der Waals surface area contributed by atoms with E-state index in [-0.39, 0.29) is 32.5 Å². The monoisotopic (exact) mass is 316 g/mol. The van der Waals surface area contributed by atoms with Gasteiger partial charge in [-0.2, -0.15) is 13.2 Å². The number of sulfonamides is 1. The first-order chi connectivity index (χ1) is 9.23. The minimum Gasteiger partial charge on any atom is -0.380 e. The van der Waals surface area contributed by atoms with Crippen LogP contribution in [0.5, 0.6) is 0 Å². The van der Waals surface area contributed by atoms with Gasteiger partial charge in [0, 0.05) is 26.2 Å². The zero-order valence-electron chi connectivity index (χ0n) is 11.0.